The average Bonchev–Trinajstić information content (AvgIpc) is 3.21. The second-order valence-electron chi connectivity index (χ2n) is 9.60. The number of aromatic nitrogens is 3. The number of hydrogen-bond acceptors (Lipinski definition) is 4. The van der Waals surface area contributed by atoms with Crippen LogP contribution in [0.25, 0.3) is 21.8 Å². The second-order valence-corrected chi connectivity index (χ2v) is 9.60. The van der Waals surface area contributed by atoms with Gasteiger partial charge in [0.1, 0.15) is 0 Å². The molecular weight excluding hydrogens is 418 g/mol. The Morgan fingerprint density at radius 3 is 2.79 bits per heavy atom. The van der Waals surface area contributed by atoms with Crippen LogP contribution in [-0.4, -0.2) is 32.5 Å². The van der Waals surface area contributed by atoms with Gasteiger partial charge in [-0.2, -0.15) is 0 Å². The van der Waals surface area contributed by atoms with Gasteiger partial charge in [0.25, 0.3) is 0 Å². The van der Waals surface area contributed by atoms with Crippen molar-refractivity contribution in [1.82, 2.24) is 19.4 Å². The summed E-state index contributed by atoms with van der Waals surface area (Å²) in [4.78, 5) is 12.5. The SMILES string of the molecule is CCCCCN(Cc1nccc2c3ccccc3n(CCCN)c12)C1CCCc2cccnc21. The van der Waals surface area contributed by atoms with E-state index in [-0.39, 0.29) is 0 Å². The van der Waals surface area contributed by atoms with Crippen molar-refractivity contribution in [2.24, 2.45) is 5.73 Å². The van der Waals surface area contributed by atoms with Gasteiger partial charge in [-0.3, -0.25) is 14.9 Å². The molecule has 3 aromatic heterocycles. The van der Waals surface area contributed by atoms with Gasteiger partial charge < -0.3 is 10.3 Å². The Bertz CT molecular complexity index is 1240. The fraction of sp³-hybridized carbons (Fsp3) is 0.448. The summed E-state index contributed by atoms with van der Waals surface area (Å²) < 4.78 is 2.46. The third kappa shape index (κ3) is 4.47. The van der Waals surface area contributed by atoms with Crippen LogP contribution in [0.2, 0.25) is 0 Å². The largest absolute Gasteiger partial charge is 0.339 e. The molecule has 0 bridgehead atoms. The van der Waals surface area contributed by atoms with Crippen LogP contribution in [0, 0.1) is 0 Å². The van der Waals surface area contributed by atoms with Crippen molar-refractivity contribution in [2.75, 3.05) is 13.1 Å². The molecule has 1 aliphatic rings. The molecule has 4 aromatic rings. The first-order chi connectivity index (χ1) is 16.8. The molecule has 34 heavy (non-hydrogen) atoms. The van der Waals surface area contributed by atoms with Crippen molar-refractivity contribution in [3.8, 4) is 0 Å². The molecule has 0 amide bonds. The van der Waals surface area contributed by atoms with Crippen molar-refractivity contribution in [2.45, 2.75) is 71.0 Å². The van der Waals surface area contributed by atoms with Gasteiger partial charge in [-0.1, -0.05) is 44.0 Å². The predicted molar refractivity (Wildman–Crippen MR) is 141 cm³/mol. The van der Waals surface area contributed by atoms with E-state index >= 15 is 0 Å². The normalized spacial score (nSPS) is 15.9. The number of nitrogens with zero attached hydrogens (tertiary/aromatic N) is 4. The highest BCUT2D eigenvalue weighted by atomic mass is 15.2. The lowest BCUT2D eigenvalue weighted by Crippen LogP contribution is -2.33. The molecule has 0 saturated heterocycles. The molecule has 3 heterocycles. The monoisotopic (exact) mass is 455 g/mol. The summed E-state index contributed by atoms with van der Waals surface area (Å²) in [5.41, 5.74) is 12.3. The number of fused-ring (bicyclic) bond motifs is 4. The molecule has 5 rings (SSSR count). The van der Waals surface area contributed by atoms with Gasteiger partial charge in [0.2, 0.25) is 0 Å². The molecule has 1 unspecified atom stereocenters. The predicted octanol–water partition coefficient (Wildman–Crippen LogP) is 6.00. The summed E-state index contributed by atoms with van der Waals surface area (Å²) in [6.45, 7) is 5.82. The number of pyridine rings is 2. The zero-order chi connectivity index (χ0) is 23.3. The van der Waals surface area contributed by atoms with Gasteiger partial charge in [-0.25, -0.2) is 0 Å². The molecular formula is C29H37N5. The third-order valence-electron chi connectivity index (χ3n) is 7.35. The highest BCUT2D eigenvalue weighted by Crippen LogP contribution is 2.36. The fourth-order valence-corrected chi connectivity index (χ4v) is 5.71. The summed E-state index contributed by atoms with van der Waals surface area (Å²) in [5.74, 6) is 0. The summed E-state index contributed by atoms with van der Waals surface area (Å²) >= 11 is 0. The van der Waals surface area contributed by atoms with Crippen LogP contribution in [0.4, 0.5) is 0 Å². The quantitative estimate of drug-likeness (QED) is 0.298. The Morgan fingerprint density at radius 1 is 1.00 bits per heavy atom. The summed E-state index contributed by atoms with van der Waals surface area (Å²) in [6.07, 6.45) is 12.2. The number of hydrogen-bond donors (Lipinski definition) is 1. The molecule has 0 aliphatic heterocycles. The molecule has 1 aromatic carbocycles. The Labute approximate surface area is 203 Å². The number of para-hydroxylation sites is 1. The minimum Gasteiger partial charge on any atom is -0.339 e. The molecule has 178 valence electrons. The summed E-state index contributed by atoms with van der Waals surface area (Å²) in [7, 11) is 0. The molecule has 1 atom stereocenters. The molecule has 0 fully saturated rings. The van der Waals surface area contributed by atoms with Gasteiger partial charge in [0, 0.05) is 41.8 Å². The number of unbranched alkanes of at least 4 members (excludes halogenated alkanes) is 2. The van der Waals surface area contributed by atoms with Gasteiger partial charge in [-0.05, 0) is 69.0 Å². The van der Waals surface area contributed by atoms with E-state index in [1.54, 1.807) is 0 Å². The van der Waals surface area contributed by atoms with E-state index in [0.29, 0.717) is 12.6 Å². The maximum Gasteiger partial charge on any atom is 0.0786 e. The van der Waals surface area contributed by atoms with Crippen molar-refractivity contribution < 1.29 is 0 Å². The molecule has 0 radical (unpaired) electrons. The van der Waals surface area contributed by atoms with E-state index in [0.717, 1.165) is 32.5 Å². The van der Waals surface area contributed by atoms with Crippen LogP contribution in [0.5, 0.6) is 0 Å². The van der Waals surface area contributed by atoms with Crippen molar-refractivity contribution >= 4 is 21.8 Å². The Morgan fingerprint density at radius 2 is 1.91 bits per heavy atom. The highest BCUT2D eigenvalue weighted by Gasteiger charge is 2.28. The van der Waals surface area contributed by atoms with Crippen LogP contribution in [0.3, 0.4) is 0 Å². The van der Waals surface area contributed by atoms with E-state index in [4.69, 9.17) is 15.7 Å². The number of nitrogens with two attached hydrogens (primary N) is 1. The molecule has 0 spiro atoms. The lowest BCUT2D eigenvalue weighted by atomic mass is 9.90. The Balaban J connectivity index is 1.57. The van der Waals surface area contributed by atoms with Crippen LogP contribution < -0.4 is 5.73 Å². The average molecular weight is 456 g/mol. The number of rotatable bonds is 10. The van der Waals surface area contributed by atoms with Crippen LogP contribution in [0.1, 0.15) is 68.4 Å². The van der Waals surface area contributed by atoms with Crippen molar-refractivity contribution in [3.63, 3.8) is 0 Å². The summed E-state index contributed by atoms with van der Waals surface area (Å²) in [6, 6.07) is 15.6. The summed E-state index contributed by atoms with van der Waals surface area (Å²) in [5, 5.41) is 2.61. The molecule has 1 aliphatic carbocycles. The van der Waals surface area contributed by atoms with E-state index in [1.807, 2.05) is 12.4 Å². The number of aryl methyl sites for hydroxylation is 2. The van der Waals surface area contributed by atoms with E-state index in [1.165, 1.54) is 70.9 Å². The van der Waals surface area contributed by atoms with Gasteiger partial charge in [0.05, 0.1) is 22.9 Å². The van der Waals surface area contributed by atoms with Crippen molar-refractivity contribution in [1.29, 1.82) is 0 Å². The van der Waals surface area contributed by atoms with Crippen LogP contribution >= 0.6 is 0 Å². The van der Waals surface area contributed by atoms with E-state index in [2.05, 4.69) is 58.9 Å². The van der Waals surface area contributed by atoms with Crippen molar-refractivity contribution in [3.05, 3.63) is 71.8 Å². The first kappa shape index (κ1) is 23.0. The van der Waals surface area contributed by atoms with E-state index < -0.39 is 0 Å². The molecule has 5 heteroatoms. The Hall–Kier alpha value is -2.76. The molecule has 2 N–H and O–H groups in total. The lowest BCUT2D eigenvalue weighted by molar-refractivity contribution is 0.161. The third-order valence-corrected chi connectivity index (χ3v) is 7.35. The van der Waals surface area contributed by atoms with Gasteiger partial charge >= 0.3 is 0 Å². The highest BCUT2D eigenvalue weighted by molar-refractivity contribution is 6.08. The minimum absolute atomic E-state index is 0.362. The second kappa shape index (κ2) is 10.7. The van der Waals surface area contributed by atoms with Crippen LogP contribution in [-0.2, 0) is 19.5 Å². The topological polar surface area (TPSA) is 60.0 Å². The lowest BCUT2D eigenvalue weighted by Gasteiger charge is -2.35. The van der Waals surface area contributed by atoms with Crippen LogP contribution in [0.15, 0.2) is 54.9 Å². The molecule has 0 saturated carbocycles. The van der Waals surface area contributed by atoms with Gasteiger partial charge in [-0.15, -0.1) is 0 Å². The zero-order valence-corrected chi connectivity index (χ0v) is 20.4. The van der Waals surface area contributed by atoms with Gasteiger partial charge in [0.15, 0.2) is 0 Å². The smallest absolute Gasteiger partial charge is 0.0786 e. The van der Waals surface area contributed by atoms with E-state index in [9.17, 15) is 0 Å². The standard InChI is InChI=1S/C29H37N5/c1-2-3-6-19-33(27-14-7-10-22-11-8-17-32-28(22)27)21-25-29-24(15-18-31-25)23-12-4-5-13-26(23)34(29)20-9-16-30/h4-5,8,11-13,15,17-18,27H,2-3,6-7,9-10,14,16,19-21,30H2,1H3. The molecule has 5 nitrogen and oxygen atoms in total. The minimum atomic E-state index is 0.362. The fourth-order valence-electron chi connectivity index (χ4n) is 5.71. The number of benzene rings is 1. The maximum absolute atomic E-state index is 5.92. The maximum atomic E-state index is 5.92. The first-order valence-electron chi connectivity index (χ1n) is 13.0. The Kier molecular flexibility index (Phi) is 7.21. The zero-order valence-electron chi connectivity index (χ0n) is 20.4. The first-order valence-corrected chi connectivity index (χ1v) is 13.0.